The second-order valence-electron chi connectivity index (χ2n) is 7.50. The van der Waals surface area contributed by atoms with E-state index in [1.165, 1.54) is 0 Å². The van der Waals surface area contributed by atoms with Crippen molar-refractivity contribution in [1.29, 1.82) is 0 Å². The molecule has 7 heteroatoms. The molecule has 0 saturated carbocycles. The Morgan fingerprint density at radius 1 is 1.24 bits per heavy atom. The summed E-state index contributed by atoms with van der Waals surface area (Å²) in [6, 6.07) is 11.9. The van der Waals surface area contributed by atoms with E-state index in [0.29, 0.717) is 6.54 Å². The normalized spacial score (nSPS) is 17.2. The van der Waals surface area contributed by atoms with E-state index < -0.39 is 0 Å². The molecule has 1 fully saturated rings. The van der Waals surface area contributed by atoms with Crippen LogP contribution >= 0.6 is 0 Å². The summed E-state index contributed by atoms with van der Waals surface area (Å²) in [6.07, 6.45) is 6.23. The van der Waals surface area contributed by atoms with Gasteiger partial charge in [0.2, 0.25) is 0 Å². The van der Waals surface area contributed by atoms with Crippen molar-refractivity contribution in [2.75, 3.05) is 22.9 Å². The minimum absolute atomic E-state index is 0.114. The Kier molecular flexibility index (Phi) is 4.35. The summed E-state index contributed by atoms with van der Waals surface area (Å²) < 4.78 is 0. The predicted molar refractivity (Wildman–Crippen MR) is 112 cm³/mol. The first-order valence-corrected chi connectivity index (χ1v) is 9.84. The molecule has 0 spiro atoms. The molecule has 2 bridgehead atoms. The molecule has 5 heterocycles. The van der Waals surface area contributed by atoms with E-state index >= 15 is 0 Å². The topological polar surface area (TPSA) is 74.2 Å². The summed E-state index contributed by atoms with van der Waals surface area (Å²) >= 11 is 0. The fraction of sp³-hybridized carbons (Fsp3) is 0.273. The Labute approximate surface area is 169 Å². The molecule has 146 valence electrons. The highest BCUT2D eigenvalue weighted by Crippen LogP contribution is 2.40. The summed E-state index contributed by atoms with van der Waals surface area (Å²) in [7, 11) is 0. The summed E-state index contributed by atoms with van der Waals surface area (Å²) in [5, 5.41) is 3.04. The van der Waals surface area contributed by atoms with Crippen molar-refractivity contribution >= 4 is 17.5 Å². The number of urea groups is 1. The van der Waals surface area contributed by atoms with Crippen molar-refractivity contribution in [3.63, 3.8) is 0 Å². The van der Waals surface area contributed by atoms with E-state index in [2.05, 4.69) is 26.3 Å². The van der Waals surface area contributed by atoms with Crippen LogP contribution in [0.5, 0.6) is 0 Å². The maximum Gasteiger partial charge on any atom is 0.323 e. The molecule has 1 N–H and O–H groups in total. The number of carbonyl (C=O) groups excluding carboxylic acids is 1. The molecular weight excluding hydrogens is 364 g/mol. The molecule has 1 saturated heterocycles. The zero-order chi connectivity index (χ0) is 19.8. The van der Waals surface area contributed by atoms with Crippen LogP contribution in [0.15, 0.2) is 55.0 Å². The van der Waals surface area contributed by atoms with Crippen molar-refractivity contribution in [2.24, 2.45) is 0 Å². The van der Waals surface area contributed by atoms with Gasteiger partial charge in [-0.25, -0.2) is 9.78 Å². The lowest BCUT2D eigenvalue weighted by atomic mass is 10.1. The highest BCUT2D eigenvalue weighted by Gasteiger charge is 2.40. The second kappa shape index (κ2) is 7.16. The molecule has 0 aliphatic carbocycles. The van der Waals surface area contributed by atoms with E-state index in [-0.39, 0.29) is 12.1 Å². The number of aryl methyl sites for hydroxylation is 1. The molecule has 29 heavy (non-hydrogen) atoms. The number of hydrogen-bond donors (Lipinski definition) is 1. The standard InChI is InChI=1S/C22H22N6O/c1-15-11-17(6-9-24-15)19-4-5-20-21(26-19)28(18-7-10-27(20)14-18)22(29)25-13-16-3-2-8-23-12-16/h2-6,8-9,11-12,18H,7,10,13-14H2,1H3,(H,25,29)/t18-/m0/s1. The molecule has 0 unspecified atom stereocenters. The summed E-state index contributed by atoms with van der Waals surface area (Å²) in [4.78, 5) is 30.6. The van der Waals surface area contributed by atoms with Crippen LogP contribution in [-0.2, 0) is 6.54 Å². The molecule has 1 atom stereocenters. The van der Waals surface area contributed by atoms with E-state index in [1.807, 2.05) is 42.2 Å². The first kappa shape index (κ1) is 17.6. The highest BCUT2D eigenvalue weighted by atomic mass is 16.2. The summed E-state index contributed by atoms with van der Waals surface area (Å²) in [5.41, 5.74) is 4.78. The van der Waals surface area contributed by atoms with Crippen LogP contribution < -0.4 is 15.1 Å². The number of anilines is 2. The number of nitrogens with one attached hydrogen (secondary N) is 1. The first-order valence-electron chi connectivity index (χ1n) is 9.84. The van der Waals surface area contributed by atoms with Crippen molar-refractivity contribution in [2.45, 2.75) is 25.9 Å². The minimum Gasteiger partial charge on any atom is -0.366 e. The molecule has 3 aromatic rings. The molecule has 2 aliphatic rings. The van der Waals surface area contributed by atoms with Crippen molar-refractivity contribution in [3.8, 4) is 11.3 Å². The van der Waals surface area contributed by atoms with Crippen LogP contribution in [0.4, 0.5) is 16.3 Å². The lowest BCUT2D eigenvalue weighted by molar-refractivity contribution is 0.243. The minimum atomic E-state index is -0.114. The molecule has 2 aliphatic heterocycles. The Balaban J connectivity index is 1.47. The van der Waals surface area contributed by atoms with Gasteiger partial charge in [0.25, 0.3) is 0 Å². The van der Waals surface area contributed by atoms with Crippen LogP contribution in [0.2, 0.25) is 0 Å². The molecule has 7 nitrogen and oxygen atoms in total. The van der Waals surface area contributed by atoms with Gasteiger partial charge in [-0.2, -0.15) is 0 Å². The van der Waals surface area contributed by atoms with Gasteiger partial charge in [-0.3, -0.25) is 14.9 Å². The highest BCUT2D eigenvalue weighted by molar-refractivity contribution is 5.97. The van der Waals surface area contributed by atoms with Gasteiger partial charge in [0.05, 0.1) is 17.4 Å². The summed E-state index contributed by atoms with van der Waals surface area (Å²) in [6.45, 7) is 4.20. The quantitative estimate of drug-likeness (QED) is 0.748. The fourth-order valence-electron chi connectivity index (χ4n) is 4.10. The van der Waals surface area contributed by atoms with Crippen molar-refractivity contribution in [3.05, 3.63) is 66.2 Å². The number of hydrogen-bond acceptors (Lipinski definition) is 5. The van der Waals surface area contributed by atoms with Gasteiger partial charge >= 0.3 is 6.03 Å². The molecule has 0 aromatic carbocycles. The van der Waals surface area contributed by atoms with Crippen LogP contribution in [0.3, 0.4) is 0 Å². The van der Waals surface area contributed by atoms with Gasteiger partial charge < -0.3 is 10.2 Å². The average molecular weight is 386 g/mol. The smallest absolute Gasteiger partial charge is 0.323 e. The third-order valence-electron chi connectivity index (χ3n) is 5.53. The van der Waals surface area contributed by atoms with Gasteiger partial charge in [0, 0.05) is 49.5 Å². The van der Waals surface area contributed by atoms with Gasteiger partial charge in [-0.15, -0.1) is 0 Å². The first-order chi connectivity index (χ1) is 14.2. The van der Waals surface area contributed by atoms with Gasteiger partial charge in [0.1, 0.15) is 0 Å². The Morgan fingerprint density at radius 3 is 3.00 bits per heavy atom. The van der Waals surface area contributed by atoms with E-state index in [9.17, 15) is 4.79 Å². The predicted octanol–water partition coefficient (Wildman–Crippen LogP) is 3.16. The van der Waals surface area contributed by atoms with E-state index in [0.717, 1.165) is 53.5 Å². The maximum absolute atomic E-state index is 13.1. The Morgan fingerprint density at radius 2 is 2.17 bits per heavy atom. The van der Waals surface area contributed by atoms with Crippen LogP contribution in [0.25, 0.3) is 11.3 Å². The molecule has 5 rings (SSSR count). The number of aromatic nitrogens is 3. The number of pyridine rings is 3. The monoisotopic (exact) mass is 386 g/mol. The largest absolute Gasteiger partial charge is 0.366 e. The fourth-order valence-corrected chi connectivity index (χ4v) is 4.10. The number of carbonyl (C=O) groups is 1. The van der Waals surface area contributed by atoms with Gasteiger partial charge in [-0.05, 0) is 49.2 Å². The van der Waals surface area contributed by atoms with Crippen molar-refractivity contribution in [1.82, 2.24) is 20.3 Å². The lowest BCUT2D eigenvalue weighted by Crippen LogP contribution is -2.50. The summed E-state index contributed by atoms with van der Waals surface area (Å²) in [5.74, 6) is 0.731. The number of fused-ring (bicyclic) bond motifs is 4. The lowest BCUT2D eigenvalue weighted by Gasteiger charge is -2.36. The van der Waals surface area contributed by atoms with Crippen LogP contribution in [0, 0.1) is 6.92 Å². The molecule has 0 radical (unpaired) electrons. The van der Waals surface area contributed by atoms with E-state index in [4.69, 9.17) is 4.98 Å². The molecule has 3 aromatic heterocycles. The number of nitrogens with zero attached hydrogens (tertiary/aromatic N) is 5. The third-order valence-corrected chi connectivity index (χ3v) is 5.53. The molecular formula is C22H22N6O. The zero-order valence-corrected chi connectivity index (χ0v) is 16.2. The average Bonchev–Trinajstić information content (AvgIpc) is 3.17. The Hall–Kier alpha value is -3.48. The molecule has 2 amide bonds. The van der Waals surface area contributed by atoms with Crippen LogP contribution in [0.1, 0.15) is 17.7 Å². The van der Waals surface area contributed by atoms with Crippen molar-refractivity contribution < 1.29 is 4.79 Å². The second-order valence-corrected chi connectivity index (χ2v) is 7.50. The Bertz CT molecular complexity index is 1050. The van der Waals surface area contributed by atoms with Crippen LogP contribution in [-0.4, -0.2) is 40.1 Å². The van der Waals surface area contributed by atoms with Gasteiger partial charge in [0.15, 0.2) is 5.82 Å². The SMILES string of the molecule is Cc1cc(-c2ccc3c(n2)N(C(=O)NCc2cccnc2)[C@H]2CCN3C2)ccn1. The van der Waals surface area contributed by atoms with E-state index in [1.54, 1.807) is 18.6 Å². The number of amides is 2. The van der Waals surface area contributed by atoms with Gasteiger partial charge in [-0.1, -0.05) is 6.07 Å². The zero-order valence-electron chi connectivity index (χ0n) is 16.2. The number of rotatable bonds is 3. The third kappa shape index (κ3) is 3.29. The maximum atomic E-state index is 13.1.